The second-order valence-electron chi connectivity index (χ2n) is 17.1. The van der Waals surface area contributed by atoms with Crippen LogP contribution in [0.15, 0.2) is 226 Å². The molecule has 0 saturated carbocycles. The predicted molar refractivity (Wildman–Crippen MR) is 326 cm³/mol. The first-order valence-corrected chi connectivity index (χ1v) is 29.9. The normalized spacial score (nSPS) is 11.7. The van der Waals surface area contributed by atoms with E-state index in [-0.39, 0.29) is 18.4 Å². The van der Waals surface area contributed by atoms with Gasteiger partial charge in [-0.25, -0.2) is 39.4 Å². The fraction of sp³-hybridized carbons (Fsp3) is 0.155. The highest BCUT2D eigenvalue weighted by molar-refractivity contribution is 9.10. The lowest BCUT2D eigenvalue weighted by Crippen LogP contribution is -2.32. The molecular formula is C58H72BrN9O6S3. The van der Waals surface area contributed by atoms with Crippen molar-refractivity contribution in [2.45, 2.75) is 14.7 Å². The van der Waals surface area contributed by atoms with Crippen LogP contribution in [0, 0.1) is 0 Å². The summed E-state index contributed by atoms with van der Waals surface area (Å²) in [6.07, 6.45) is 15.9. The van der Waals surface area contributed by atoms with E-state index >= 15 is 0 Å². The van der Waals surface area contributed by atoms with E-state index in [4.69, 9.17) is 0 Å². The highest BCUT2D eigenvalue weighted by Gasteiger charge is 2.19. The SMILES string of the molecule is CNCCNS(=O)(=O)c1cccc2cnccc12.O=S(=O)(NCCNC/C=C/c1ccc(Br)cc1)c1cccc2cnccc12.O=S(=O)(NCCNCC=C(c1ccccc1)c1ccccc1)c1cccc2cnccc12.[HH].[HH].[HH].[HH].[HH].[HH]. The molecular weight excluding hydrogens is 1090 g/mol. The summed E-state index contributed by atoms with van der Waals surface area (Å²) in [5.74, 6) is 0. The van der Waals surface area contributed by atoms with Crippen molar-refractivity contribution in [1.82, 2.24) is 45.1 Å². The monoisotopic (exact) mass is 1170 g/mol. The van der Waals surface area contributed by atoms with Gasteiger partial charge in [-0.1, -0.05) is 143 Å². The number of aromatic nitrogens is 3. The number of likely N-dealkylation sites (N-methyl/N-ethyl adjacent to an activating group) is 1. The highest BCUT2D eigenvalue weighted by Crippen LogP contribution is 2.25. The Balaban J connectivity index is 0.000000621. The van der Waals surface area contributed by atoms with Gasteiger partial charge < -0.3 is 16.0 Å². The minimum Gasteiger partial charge on any atom is -0.318 e. The summed E-state index contributed by atoms with van der Waals surface area (Å²) in [4.78, 5) is 12.9. The van der Waals surface area contributed by atoms with Gasteiger partial charge in [-0.3, -0.25) is 15.0 Å². The van der Waals surface area contributed by atoms with Gasteiger partial charge in [0.2, 0.25) is 30.1 Å². The molecule has 0 aliphatic rings. The molecule has 6 N–H and O–H groups in total. The average molecular weight is 1170 g/mol. The molecule has 0 spiro atoms. The standard InChI is InChI=1S/C26H25N3O2S.C20H20BrN3O2S.C12H15N3O2S.6H2/c30-32(31,26-13-7-12-23-20-28-17-15-25(23)26)29-19-18-27-16-14-24(21-8-3-1-4-9-21)22-10-5-2-6-11-22;21-18-8-6-16(7-9-18)3-2-11-22-13-14-24-27(25,26)20-5-1-4-17-15-23-12-10-19(17)20;1-13-7-8-15-18(16,17)12-4-2-3-10-9-14-6-5-11(10)12;;;;;;/h1-15,17,20,27,29H,16,18-19H2;1-10,12,15,22,24H,11,13-14H2;2-6,9,13,15H,7-8H2,1H3;6*1H/b;3-2+;;;;;;;. The van der Waals surface area contributed by atoms with Gasteiger partial charge in [0.1, 0.15) is 0 Å². The van der Waals surface area contributed by atoms with Crippen LogP contribution in [0.25, 0.3) is 44.0 Å². The van der Waals surface area contributed by atoms with Crippen LogP contribution < -0.4 is 30.1 Å². The Bertz CT molecular complexity index is 3720. The molecule has 0 fully saturated rings. The fourth-order valence-electron chi connectivity index (χ4n) is 7.94. The summed E-state index contributed by atoms with van der Waals surface area (Å²) in [6, 6.07) is 49.2. The van der Waals surface area contributed by atoms with Crippen molar-refractivity contribution in [2.75, 3.05) is 59.4 Å². The Morgan fingerprint density at radius 3 is 1.29 bits per heavy atom. The third kappa shape index (κ3) is 17.1. The maximum Gasteiger partial charge on any atom is 0.241 e. The van der Waals surface area contributed by atoms with Crippen molar-refractivity contribution < 1.29 is 33.8 Å². The molecule has 410 valence electrons. The third-order valence-corrected chi connectivity index (χ3v) is 16.8. The molecule has 0 amide bonds. The molecule has 0 aliphatic carbocycles. The predicted octanol–water partition coefficient (Wildman–Crippen LogP) is 10.0. The zero-order valence-corrected chi connectivity index (χ0v) is 46.3. The summed E-state index contributed by atoms with van der Waals surface area (Å²) >= 11 is 3.41. The third-order valence-electron chi connectivity index (χ3n) is 11.7. The summed E-state index contributed by atoms with van der Waals surface area (Å²) in [5, 5.41) is 13.8. The number of fused-ring (bicyclic) bond motifs is 3. The van der Waals surface area contributed by atoms with E-state index in [1.807, 2.05) is 91.0 Å². The lowest BCUT2D eigenvalue weighted by molar-refractivity contribution is 0.577. The van der Waals surface area contributed by atoms with Crippen LogP contribution in [0.4, 0.5) is 0 Å². The van der Waals surface area contributed by atoms with Gasteiger partial charge in [0, 0.05) is 135 Å². The van der Waals surface area contributed by atoms with Crippen molar-refractivity contribution in [3.05, 3.63) is 228 Å². The summed E-state index contributed by atoms with van der Waals surface area (Å²) in [7, 11) is -8.88. The number of benzene rings is 6. The summed E-state index contributed by atoms with van der Waals surface area (Å²) in [6.45, 7) is 3.90. The van der Waals surface area contributed by atoms with E-state index in [0.717, 1.165) is 42.9 Å². The molecule has 9 aromatic rings. The Hall–Kier alpha value is -6.88. The van der Waals surface area contributed by atoms with Gasteiger partial charge in [-0.2, -0.15) is 0 Å². The highest BCUT2D eigenvalue weighted by atomic mass is 79.9. The van der Waals surface area contributed by atoms with Gasteiger partial charge in [-0.15, -0.1) is 0 Å². The lowest BCUT2D eigenvalue weighted by atomic mass is 9.98. The molecule has 0 atom stereocenters. The van der Waals surface area contributed by atoms with Crippen LogP contribution in [0.2, 0.25) is 0 Å². The van der Waals surface area contributed by atoms with Crippen molar-refractivity contribution in [3.63, 3.8) is 0 Å². The molecule has 15 nitrogen and oxygen atoms in total. The van der Waals surface area contributed by atoms with Crippen LogP contribution in [-0.4, -0.2) is 99.6 Å². The number of nitrogens with zero attached hydrogens (tertiary/aromatic N) is 3. The Kier molecular flexibility index (Phi) is 21.8. The van der Waals surface area contributed by atoms with Crippen LogP contribution in [0.1, 0.15) is 25.3 Å². The molecule has 0 unspecified atom stereocenters. The van der Waals surface area contributed by atoms with Gasteiger partial charge in [0.25, 0.3) is 0 Å². The average Bonchev–Trinajstić information content (AvgIpc) is 3.66. The molecule has 6 aromatic carbocycles. The first-order valence-electron chi connectivity index (χ1n) is 24.6. The quantitative estimate of drug-likeness (QED) is 0.0350. The largest absolute Gasteiger partial charge is 0.318 e. The Morgan fingerprint density at radius 2 is 0.870 bits per heavy atom. The van der Waals surface area contributed by atoms with E-state index in [1.165, 1.54) is 0 Å². The fourth-order valence-corrected chi connectivity index (χ4v) is 12.0. The van der Waals surface area contributed by atoms with E-state index < -0.39 is 30.1 Å². The second kappa shape index (κ2) is 29.0. The maximum absolute atomic E-state index is 12.8. The number of pyridine rings is 3. The van der Waals surface area contributed by atoms with Crippen LogP contribution in [0.3, 0.4) is 0 Å². The molecule has 0 bridgehead atoms. The van der Waals surface area contributed by atoms with E-state index in [9.17, 15) is 25.3 Å². The zero-order valence-electron chi connectivity index (χ0n) is 42.3. The molecule has 77 heavy (non-hydrogen) atoms. The number of hydrogen-bond acceptors (Lipinski definition) is 12. The molecule has 0 radical (unpaired) electrons. The summed E-state index contributed by atoms with van der Waals surface area (Å²) in [5.41, 5.74) is 4.55. The molecule has 3 aromatic heterocycles. The number of hydrogen-bond donors (Lipinski definition) is 6. The van der Waals surface area contributed by atoms with Crippen LogP contribution in [0.5, 0.6) is 0 Å². The van der Waals surface area contributed by atoms with E-state index in [1.54, 1.807) is 98.8 Å². The molecule has 0 aliphatic heterocycles. The van der Waals surface area contributed by atoms with Gasteiger partial charge in [0.15, 0.2) is 0 Å². The molecule has 9 rings (SSSR count). The number of halogens is 1. The number of nitrogens with one attached hydrogen (secondary N) is 6. The second-order valence-corrected chi connectivity index (χ2v) is 23.2. The molecule has 3 heterocycles. The topological polar surface area (TPSA) is 213 Å². The van der Waals surface area contributed by atoms with Crippen molar-refractivity contribution >= 4 is 90.0 Å². The van der Waals surface area contributed by atoms with Gasteiger partial charge >= 0.3 is 0 Å². The molecule has 0 saturated heterocycles. The van der Waals surface area contributed by atoms with Crippen LogP contribution >= 0.6 is 15.9 Å². The number of rotatable bonds is 22. The maximum atomic E-state index is 12.8. The molecule has 19 heteroatoms. The van der Waals surface area contributed by atoms with E-state index in [2.05, 4.69) is 91.3 Å². The van der Waals surface area contributed by atoms with Crippen molar-refractivity contribution in [3.8, 4) is 0 Å². The van der Waals surface area contributed by atoms with E-state index in [0.29, 0.717) is 73.4 Å². The first kappa shape index (κ1) is 57.8. The lowest BCUT2D eigenvalue weighted by Gasteiger charge is -2.11. The van der Waals surface area contributed by atoms with Gasteiger partial charge in [0.05, 0.1) is 14.7 Å². The van der Waals surface area contributed by atoms with Crippen LogP contribution in [-0.2, 0) is 30.1 Å². The Morgan fingerprint density at radius 1 is 0.468 bits per heavy atom. The minimum atomic E-state index is -3.61. The van der Waals surface area contributed by atoms with Crippen molar-refractivity contribution in [1.29, 1.82) is 0 Å². The first-order chi connectivity index (χ1) is 37.4. The number of sulfonamides is 3. The minimum absolute atomic E-state index is 0. The Labute approximate surface area is 468 Å². The zero-order chi connectivity index (χ0) is 54.4. The summed E-state index contributed by atoms with van der Waals surface area (Å²) < 4.78 is 84.0. The smallest absolute Gasteiger partial charge is 0.241 e. The van der Waals surface area contributed by atoms with Gasteiger partial charge in [-0.05, 0) is 77.8 Å². The van der Waals surface area contributed by atoms with Crippen molar-refractivity contribution in [2.24, 2.45) is 0 Å².